The monoisotopic (exact) mass is 411 g/mol. The van der Waals surface area contributed by atoms with Gasteiger partial charge in [-0.15, -0.1) is 5.10 Å². The van der Waals surface area contributed by atoms with Crippen LogP contribution in [0.1, 0.15) is 16.1 Å². The number of ether oxygens (including phenoxy) is 1. The summed E-state index contributed by atoms with van der Waals surface area (Å²) in [7, 11) is 1.76. The van der Waals surface area contributed by atoms with Gasteiger partial charge in [-0.3, -0.25) is 14.6 Å². The molecule has 150 valence electrons. The van der Waals surface area contributed by atoms with Gasteiger partial charge >= 0.3 is 0 Å². The Morgan fingerprint density at radius 2 is 2.34 bits per heavy atom. The van der Waals surface area contributed by atoms with E-state index in [0.717, 1.165) is 16.1 Å². The van der Waals surface area contributed by atoms with Crippen molar-refractivity contribution in [1.82, 2.24) is 24.4 Å². The molecule has 5 heterocycles. The van der Waals surface area contributed by atoms with Crippen LogP contribution in [0.3, 0.4) is 0 Å². The van der Waals surface area contributed by atoms with Crippen LogP contribution in [0, 0.1) is 18.8 Å². The van der Waals surface area contributed by atoms with Crippen LogP contribution in [0.25, 0.3) is 0 Å². The first-order valence-electron chi connectivity index (χ1n) is 9.56. The minimum Gasteiger partial charge on any atom is -0.360 e. The minimum absolute atomic E-state index is 0.0249. The van der Waals surface area contributed by atoms with E-state index < -0.39 is 17.4 Å². The molecule has 0 N–H and O–H groups in total. The predicted molar refractivity (Wildman–Crippen MR) is 104 cm³/mol. The third-order valence-corrected chi connectivity index (χ3v) is 6.87. The van der Waals surface area contributed by atoms with Crippen molar-refractivity contribution in [2.24, 2.45) is 11.8 Å². The van der Waals surface area contributed by atoms with Gasteiger partial charge in [0.25, 0.3) is 0 Å². The Kier molecular flexibility index (Phi) is 4.25. The van der Waals surface area contributed by atoms with E-state index in [1.807, 2.05) is 31.2 Å². The maximum Gasteiger partial charge on any atom is 0.230 e. The molecule has 4 atom stereocenters. The molecule has 5 rings (SSSR count). The van der Waals surface area contributed by atoms with Crippen molar-refractivity contribution in [3.05, 3.63) is 52.8 Å². The van der Waals surface area contributed by atoms with Gasteiger partial charge in [-0.25, -0.2) is 0 Å². The molecular weight excluding hydrogens is 390 g/mol. The van der Waals surface area contributed by atoms with Gasteiger partial charge in [-0.2, -0.15) is 0 Å². The maximum absolute atomic E-state index is 13.3. The van der Waals surface area contributed by atoms with Gasteiger partial charge < -0.3 is 14.5 Å². The summed E-state index contributed by atoms with van der Waals surface area (Å²) in [5.74, 6) is -1.08. The highest BCUT2D eigenvalue weighted by Gasteiger charge is 2.67. The highest BCUT2D eigenvalue weighted by molar-refractivity contribution is 7.05. The molecule has 8 nitrogen and oxygen atoms in total. The first-order valence-corrected chi connectivity index (χ1v) is 10.3. The maximum atomic E-state index is 13.3. The van der Waals surface area contributed by atoms with Crippen molar-refractivity contribution in [1.29, 1.82) is 0 Å². The zero-order chi connectivity index (χ0) is 20.2. The van der Waals surface area contributed by atoms with Crippen molar-refractivity contribution < 1.29 is 14.3 Å². The number of carbonyl (C=O) groups is 2. The second kappa shape index (κ2) is 6.70. The molecule has 29 heavy (non-hydrogen) atoms. The highest BCUT2D eigenvalue weighted by atomic mass is 32.1. The lowest BCUT2D eigenvalue weighted by molar-refractivity contribution is -0.142. The molecule has 2 aromatic rings. The van der Waals surface area contributed by atoms with Crippen LogP contribution >= 0.6 is 11.5 Å². The van der Waals surface area contributed by atoms with Gasteiger partial charge in [-0.1, -0.05) is 22.7 Å². The van der Waals surface area contributed by atoms with Crippen LogP contribution in [0.2, 0.25) is 0 Å². The van der Waals surface area contributed by atoms with Crippen molar-refractivity contribution >= 4 is 23.3 Å². The molecule has 3 aliphatic rings. The number of hydrogen-bond donors (Lipinski definition) is 0. The second-order valence-corrected chi connectivity index (χ2v) is 8.77. The van der Waals surface area contributed by atoms with E-state index in [4.69, 9.17) is 4.74 Å². The molecule has 2 bridgehead atoms. The van der Waals surface area contributed by atoms with E-state index in [1.54, 1.807) is 29.2 Å². The molecule has 2 unspecified atom stereocenters. The topological polar surface area (TPSA) is 88.5 Å². The normalized spacial score (nSPS) is 29.5. The predicted octanol–water partition coefficient (Wildman–Crippen LogP) is 1.18. The lowest BCUT2D eigenvalue weighted by atomic mass is 9.76. The molecule has 2 aromatic heterocycles. The summed E-state index contributed by atoms with van der Waals surface area (Å²) in [6.45, 7) is 3.24. The lowest BCUT2D eigenvalue weighted by Gasteiger charge is -2.27. The molecule has 3 aliphatic heterocycles. The average Bonchev–Trinajstić information content (AvgIpc) is 3.45. The quantitative estimate of drug-likeness (QED) is 0.687. The van der Waals surface area contributed by atoms with Gasteiger partial charge in [0.15, 0.2) is 0 Å². The van der Waals surface area contributed by atoms with E-state index in [2.05, 4.69) is 14.6 Å². The number of fused-ring (bicyclic) bond motifs is 1. The van der Waals surface area contributed by atoms with Crippen LogP contribution in [-0.4, -0.2) is 61.5 Å². The van der Waals surface area contributed by atoms with Crippen molar-refractivity contribution in [3.63, 3.8) is 0 Å². The molecule has 9 heteroatoms. The number of hydrogen-bond acceptors (Lipinski definition) is 7. The number of carbonyl (C=O) groups excluding carboxylic acids is 2. The van der Waals surface area contributed by atoms with Crippen molar-refractivity contribution in [3.8, 4) is 0 Å². The summed E-state index contributed by atoms with van der Waals surface area (Å²) in [5.41, 5.74) is 1.09. The summed E-state index contributed by atoms with van der Waals surface area (Å²) in [6, 6.07) is 3.80. The van der Waals surface area contributed by atoms with Gasteiger partial charge in [0.1, 0.15) is 5.60 Å². The van der Waals surface area contributed by atoms with Crippen LogP contribution < -0.4 is 0 Å². The Morgan fingerprint density at radius 1 is 1.48 bits per heavy atom. The van der Waals surface area contributed by atoms with E-state index in [-0.39, 0.29) is 17.9 Å². The molecule has 0 aliphatic carbocycles. The summed E-state index contributed by atoms with van der Waals surface area (Å²) in [6.07, 6.45) is 7.04. The fourth-order valence-electron chi connectivity index (χ4n) is 4.65. The second-order valence-electron chi connectivity index (χ2n) is 7.93. The van der Waals surface area contributed by atoms with Crippen LogP contribution in [0.15, 0.2) is 36.7 Å². The highest BCUT2D eigenvalue weighted by Crippen LogP contribution is 2.52. The Labute approximate surface area is 172 Å². The largest absolute Gasteiger partial charge is 0.360 e. The summed E-state index contributed by atoms with van der Waals surface area (Å²) in [5, 5.41) is 4.01. The Morgan fingerprint density at radius 3 is 3.07 bits per heavy atom. The van der Waals surface area contributed by atoms with E-state index in [0.29, 0.717) is 19.6 Å². The summed E-state index contributed by atoms with van der Waals surface area (Å²) in [4.78, 5) is 35.1. The van der Waals surface area contributed by atoms with Gasteiger partial charge in [-0.05, 0) is 30.1 Å². The fraction of sp³-hybridized carbons (Fsp3) is 0.450. The molecule has 0 radical (unpaired) electrons. The molecule has 2 saturated heterocycles. The zero-order valence-electron chi connectivity index (χ0n) is 16.2. The SMILES string of the molecule is Cc1nnsc1CN(C)C(=O)C1C2C(=O)N(Cc3cccnc3)C[C@]23C=C[C@H]1O3. The number of rotatable bonds is 5. The van der Waals surface area contributed by atoms with Crippen molar-refractivity contribution in [2.75, 3.05) is 13.6 Å². The van der Waals surface area contributed by atoms with E-state index in [9.17, 15) is 9.59 Å². The van der Waals surface area contributed by atoms with E-state index >= 15 is 0 Å². The van der Waals surface area contributed by atoms with Crippen molar-refractivity contribution in [2.45, 2.75) is 31.7 Å². The van der Waals surface area contributed by atoms with Crippen LogP contribution in [0.4, 0.5) is 0 Å². The molecule has 0 saturated carbocycles. The number of nitrogens with zero attached hydrogens (tertiary/aromatic N) is 5. The fourth-order valence-corrected chi connectivity index (χ4v) is 5.34. The first kappa shape index (κ1) is 18.4. The van der Waals surface area contributed by atoms with Gasteiger partial charge in [0.05, 0.1) is 41.6 Å². The van der Waals surface area contributed by atoms with Crippen LogP contribution in [0.5, 0.6) is 0 Å². The van der Waals surface area contributed by atoms with Gasteiger partial charge in [0, 0.05) is 26.0 Å². The smallest absolute Gasteiger partial charge is 0.230 e. The third-order valence-electron chi connectivity index (χ3n) is 6.06. The first-order chi connectivity index (χ1) is 14.0. The molecule has 1 spiro atoms. The molecular formula is C20H21N5O3S. The standard InChI is InChI=1S/C20H21N5O3S/c1-12-15(29-23-22-12)10-24(2)18(26)16-14-5-6-20(28-14)11-25(19(27)17(16)20)9-13-4-3-7-21-8-13/h3-8,14,16-17H,9-11H2,1-2H3/t14-,16?,17?,20-/m1/s1. The minimum atomic E-state index is -0.701. The van der Waals surface area contributed by atoms with Crippen LogP contribution in [-0.2, 0) is 27.4 Å². The number of amides is 2. The van der Waals surface area contributed by atoms with E-state index in [1.165, 1.54) is 11.5 Å². The number of pyridine rings is 1. The summed E-state index contributed by atoms with van der Waals surface area (Å²) >= 11 is 1.29. The number of aryl methyl sites for hydroxylation is 1. The Balaban J connectivity index is 1.37. The lowest BCUT2D eigenvalue weighted by Crippen LogP contribution is -2.44. The zero-order valence-corrected chi connectivity index (χ0v) is 17.0. The summed E-state index contributed by atoms with van der Waals surface area (Å²) < 4.78 is 10.1. The average molecular weight is 411 g/mol. The van der Waals surface area contributed by atoms with Gasteiger partial charge in [0.2, 0.25) is 11.8 Å². The number of likely N-dealkylation sites (tertiary alicyclic amines) is 1. The Hall–Kier alpha value is -2.65. The molecule has 2 amide bonds. The molecule has 2 fully saturated rings. The third kappa shape index (κ3) is 2.87. The Bertz CT molecular complexity index is 993. The number of aromatic nitrogens is 3. The molecule has 0 aromatic carbocycles.